The molecule has 0 aliphatic carbocycles. The molecule has 1 aromatic carbocycles. The van der Waals surface area contributed by atoms with Crippen LogP contribution >= 0.6 is 0 Å². The van der Waals surface area contributed by atoms with Gasteiger partial charge in [0.15, 0.2) is 15.8 Å². The Balaban J connectivity index is 1.97. The molecule has 1 aromatic rings. The van der Waals surface area contributed by atoms with Crippen LogP contribution in [0.4, 0.5) is 0 Å². The Labute approximate surface area is 158 Å². The molecule has 146 valence electrons. The second-order valence-electron chi connectivity index (χ2n) is 7.78. The zero-order valence-electron chi connectivity index (χ0n) is 16.5. The van der Waals surface area contributed by atoms with Gasteiger partial charge < -0.3 is 10.6 Å². The molecule has 0 bridgehead atoms. The first-order valence-corrected chi connectivity index (χ1v) is 11.4. The predicted molar refractivity (Wildman–Crippen MR) is 110 cm³/mol. The van der Waals surface area contributed by atoms with Crippen LogP contribution in [0.5, 0.6) is 0 Å². The highest BCUT2D eigenvalue weighted by molar-refractivity contribution is 7.91. The van der Waals surface area contributed by atoms with E-state index in [2.05, 4.69) is 55.7 Å². The lowest BCUT2D eigenvalue weighted by Gasteiger charge is -2.24. The van der Waals surface area contributed by atoms with Gasteiger partial charge in [-0.2, -0.15) is 0 Å². The van der Waals surface area contributed by atoms with Crippen LogP contribution in [0.3, 0.4) is 0 Å². The number of hydrogen-bond acceptors (Lipinski definition) is 3. The van der Waals surface area contributed by atoms with Crippen molar-refractivity contribution in [2.24, 2.45) is 10.9 Å². The van der Waals surface area contributed by atoms with Crippen molar-refractivity contribution in [1.29, 1.82) is 0 Å². The molecule has 1 heterocycles. The monoisotopic (exact) mass is 379 g/mol. The van der Waals surface area contributed by atoms with Gasteiger partial charge in [-0.1, -0.05) is 45.0 Å². The first-order valence-electron chi connectivity index (χ1n) is 9.58. The van der Waals surface area contributed by atoms with Crippen LogP contribution in [0.25, 0.3) is 0 Å². The van der Waals surface area contributed by atoms with Gasteiger partial charge in [-0.05, 0) is 36.8 Å². The van der Waals surface area contributed by atoms with Gasteiger partial charge in [0.05, 0.1) is 18.1 Å². The molecule has 2 N–H and O–H groups in total. The average Bonchev–Trinajstić information content (AvgIpc) is 2.96. The fourth-order valence-electron chi connectivity index (χ4n) is 3.18. The molecule has 0 saturated carbocycles. The zero-order valence-corrected chi connectivity index (χ0v) is 17.3. The molecule has 0 radical (unpaired) electrons. The third kappa shape index (κ3) is 6.01. The van der Waals surface area contributed by atoms with Gasteiger partial charge in [0.2, 0.25) is 0 Å². The van der Waals surface area contributed by atoms with Crippen LogP contribution in [0.1, 0.15) is 45.2 Å². The lowest BCUT2D eigenvalue weighted by molar-refractivity contribution is 0.532. The molecule has 1 aliphatic rings. The molecule has 1 aliphatic heterocycles. The van der Waals surface area contributed by atoms with Crippen LogP contribution in [0.15, 0.2) is 29.3 Å². The van der Waals surface area contributed by atoms with Crippen LogP contribution in [0.2, 0.25) is 0 Å². The van der Waals surface area contributed by atoms with Crippen molar-refractivity contribution in [3.8, 4) is 0 Å². The van der Waals surface area contributed by atoms with Gasteiger partial charge in [-0.3, -0.25) is 4.99 Å². The molecule has 2 rings (SSSR count). The van der Waals surface area contributed by atoms with E-state index in [0.717, 1.165) is 25.3 Å². The quantitative estimate of drug-likeness (QED) is 0.564. The maximum Gasteiger partial charge on any atom is 0.191 e. The average molecular weight is 380 g/mol. The van der Waals surface area contributed by atoms with Crippen molar-refractivity contribution >= 4 is 15.8 Å². The highest BCUT2D eigenvalue weighted by Crippen LogP contribution is 2.24. The van der Waals surface area contributed by atoms with Crippen molar-refractivity contribution in [3.63, 3.8) is 0 Å². The van der Waals surface area contributed by atoms with E-state index >= 15 is 0 Å². The number of hydrogen-bond donors (Lipinski definition) is 2. The standard InChI is InChI=1S/C20H33N3O2S/c1-5-16-7-9-18(10-8-16)20(3,4)15-23-19(21-6-2)22-13-17-11-12-26(24,25)14-17/h7-10,17H,5-6,11-15H2,1-4H3,(H2,21,22,23). The van der Waals surface area contributed by atoms with E-state index in [1.54, 1.807) is 0 Å². The second kappa shape index (κ2) is 8.89. The van der Waals surface area contributed by atoms with Crippen molar-refractivity contribution in [1.82, 2.24) is 10.6 Å². The van der Waals surface area contributed by atoms with Crippen molar-refractivity contribution < 1.29 is 8.42 Å². The fraction of sp³-hybridized carbons (Fsp3) is 0.650. The molecule has 1 saturated heterocycles. The molecule has 1 fully saturated rings. The number of benzene rings is 1. The summed E-state index contributed by atoms with van der Waals surface area (Å²) in [7, 11) is -2.83. The van der Waals surface area contributed by atoms with Gasteiger partial charge in [-0.25, -0.2) is 8.42 Å². The van der Waals surface area contributed by atoms with Crippen molar-refractivity contribution in [3.05, 3.63) is 35.4 Å². The topological polar surface area (TPSA) is 70.6 Å². The summed E-state index contributed by atoms with van der Waals surface area (Å²) in [6.07, 6.45) is 1.79. The number of sulfone groups is 1. The summed E-state index contributed by atoms with van der Waals surface area (Å²) in [5, 5.41) is 6.58. The molecule has 1 atom stereocenters. The maximum atomic E-state index is 11.6. The van der Waals surface area contributed by atoms with E-state index in [4.69, 9.17) is 4.99 Å². The molecule has 0 spiro atoms. The first kappa shape index (κ1) is 20.7. The van der Waals surface area contributed by atoms with E-state index in [1.807, 2.05) is 6.92 Å². The van der Waals surface area contributed by atoms with Crippen molar-refractivity contribution in [2.45, 2.75) is 46.0 Å². The highest BCUT2D eigenvalue weighted by atomic mass is 32.2. The van der Waals surface area contributed by atoms with E-state index in [1.165, 1.54) is 11.1 Å². The number of nitrogens with zero attached hydrogens (tertiary/aromatic N) is 1. The number of aryl methyl sites for hydroxylation is 1. The number of aliphatic imine (C=N–C) groups is 1. The van der Waals surface area contributed by atoms with Gasteiger partial charge in [-0.15, -0.1) is 0 Å². The third-order valence-corrected chi connectivity index (χ3v) is 6.84. The molecule has 1 unspecified atom stereocenters. The van der Waals surface area contributed by atoms with E-state index < -0.39 is 9.84 Å². The smallest absolute Gasteiger partial charge is 0.191 e. The summed E-state index contributed by atoms with van der Waals surface area (Å²) in [5.74, 6) is 1.54. The van der Waals surface area contributed by atoms with E-state index in [9.17, 15) is 8.42 Å². The summed E-state index contributed by atoms with van der Waals surface area (Å²) in [5.41, 5.74) is 2.55. The molecular formula is C20H33N3O2S. The van der Waals surface area contributed by atoms with Crippen LogP contribution in [0, 0.1) is 5.92 Å². The number of nitrogens with one attached hydrogen (secondary N) is 2. The molecular weight excluding hydrogens is 346 g/mol. The zero-order chi connectivity index (χ0) is 19.2. The summed E-state index contributed by atoms with van der Waals surface area (Å²) in [4.78, 5) is 4.75. The van der Waals surface area contributed by atoms with E-state index in [-0.39, 0.29) is 17.1 Å². The summed E-state index contributed by atoms with van der Waals surface area (Å²) in [6, 6.07) is 8.76. The Bertz CT molecular complexity index is 709. The number of rotatable bonds is 7. The molecule has 5 nitrogen and oxygen atoms in total. The molecule has 0 aromatic heterocycles. The Morgan fingerprint density at radius 1 is 1.19 bits per heavy atom. The van der Waals surface area contributed by atoms with Gasteiger partial charge in [0, 0.05) is 18.5 Å². The lowest BCUT2D eigenvalue weighted by Crippen LogP contribution is -2.41. The van der Waals surface area contributed by atoms with Crippen molar-refractivity contribution in [2.75, 3.05) is 31.1 Å². The SMILES string of the molecule is CCNC(=NCC(C)(C)c1ccc(CC)cc1)NCC1CCS(=O)(=O)C1. The first-order chi connectivity index (χ1) is 12.3. The molecule has 26 heavy (non-hydrogen) atoms. The fourth-order valence-corrected chi connectivity index (χ4v) is 5.04. The minimum atomic E-state index is -2.83. The van der Waals surface area contributed by atoms with Gasteiger partial charge in [0.25, 0.3) is 0 Å². The van der Waals surface area contributed by atoms with Crippen LogP contribution < -0.4 is 10.6 Å². The number of guanidine groups is 1. The minimum Gasteiger partial charge on any atom is -0.357 e. The predicted octanol–water partition coefficient (Wildman–Crippen LogP) is 2.52. The Kier molecular flexibility index (Phi) is 7.09. The van der Waals surface area contributed by atoms with Gasteiger partial charge in [0.1, 0.15) is 0 Å². The van der Waals surface area contributed by atoms with Crippen LogP contribution in [-0.2, 0) is 21.7 Å². The third-order valence-electron chi connectivity index (χ3n) is 5.01. The van der Waals surface area contributed by atoms with Crippen LogP contribution in [-0.4, -0.2) is 45.5 Å². The normalized spacial score (nSPS) is 20.2. The van der Waals surface area contributed by atoms with Gasteiger partial charge >= 0.3 is 0 Å². The largest absolute Gasteiger partial charge is 0.357 e. The maximum absolute atomic E-state index is 11.6. The lowest BCUT2D eigenvalue weighted by atomic mass is 9.84. The summed E-state index contributed by atoms with van der Waals surface area (Å²) in [6.45, 7) is 10.7. The van der Waals surface area contributed by atoms with E-state index in [0.29, 0.717) is 18.8 Å². The Morgan fingerprint density at radius 2 is 1.88 bits per heavy atom. The molecule has 6 heteroatoms. The Morgan fingerprint density at radius 3 is 2.42 bits per heavy atom. The summed E-state index contributed by atoms with van der Waals surface area (Å²) < 4.78 is 23.2. The molecule has 0 amide bonds. The summed E-state index contributed by atoms with van der Waals surface area (Å²) >= 11 is 0. The highest BCUT2D eigenvalue weighted by Gasteiger charge is 2.27. The second-order valence-corrected chi connectivity index (χ2v) is 10.0. The Hall–Kier alpha value is -1.56. The minimum absolute atomic E-state index is 0.0642.